The van der Waals surface area contributed by atoms with Gasteiger partial charge < -0.3 is 0 Å². The second-order valence-electron chi connectivity index (χ2n) is 4.30. The number of nitrogens with one attached hydrogen (secondary N) is 1. The van der Waals surface area contributed by atoms with Crippen molar-refractivity contribution >= 4 is 0 Å². The minimum atomic E-state index is -0.0336. The Balaban J connectivity index is 2.49. The molecule has 1 unspecified atom stereocenters. The first-order chi connectivity index (χ1) is 5.61. The van der Waals surface area contributed by atoms with Crippen molar-refractivity contribution in [2.45, 2.75) is 26.3 Å². The van der Waals surface area contributed by atoms with Gasteiger partial charge in [-0.25, -0.2) is 5.73 Å². The molecule has 0 heterocycles. The fourth-order valence-electron chi connectivity index (χ4n) is 1.99. The number of hydrogen-bond acceptors (Lipinski definition) is 0. The molecule has 0 bridgehead atoms. The summed E-state index contributed by atoms with van der Waals surface area (Å²) >= 11 is 0. The van der Waals surface area contributed by atoms with Gasteiger partial charge in [0, 0.05) is 0 Å². The third-order valence-corrected chi connectivity index (χ3v) is 2.79. The summed E-state index contributed by atoms with van der Waals surface area (Å²) in [5, 5.41) is 0. The van der Waals surface area contributed by atoms with E-state index in [1.807, 2.05) is 6.07 Å². The van der Waals surface area contributed by atoms with Crippen LogP contribution in [0.5, 0.6) is 0 Å². The average Bonchev–Trinajstić information content (AvgIpc) is 2.24. The van der Waals surface area contributed by atoms with Crippen molar-refractivity contribution in [1.29, 1.82) is 0 Å². The van der Waals surface area contributed by atoms with Gasteiger partial charge in [-0.15, -0.1) is 0 Å². The summed E-state index contributed by atoms with van der Waals surface area (Å²) in [6, 6.07) is 8.29. The zero-order valence-corrected chi connectivity index (χ0v) is 7.59. The Hall–Kier alpha value is -0.820. The van der Waals surface area contributed by atoms with Crippen molar-refractivity contribution < 1.29 is 0 Å². The van der Waals surface area contributed by atoms with Crippen LogP contribution in [0.15, 0.2) is 24.3 Å². The summed E-state index contributed by atoms with van der Waals surface area (Å²) in [6.07, 6.45) is 1.05. The molecule has 0 amide bonds. The lowest BCUT2D eigenvalue weighted by Crippen LogP contribution is -2.18. The smallest absolute Gasteiger partial charge is 0.0519 e. The molecule has 0 saturated carbocycles. The summed E-state index contributed by atoms with van der Waals surface area (Å²) in [5.74, 6) is 0. The minimum absolute atomic E-state index is 0.0336. The summed E-state index contributed by atoms with van der Waals surface area (Å²) in [6.45, 7) is 4.34. The van der Waals surface area contributed by atoms with Gasteiger partial charge in [-0.05, 0) is 23.0 Å². The van der Waals surface area contributed by atoms with Crippen LogP contribution in [0.3, 0.4) is 0 Å². The van der Waals surface area contributed by atoms with Gasteiger partial charge in [-0.2, -0.15) is 0 Å². The molecular weight excluding hydrogens is 146 g/mol. The molecule has 12 heavy (non-hydrogen) atoms. The van der Waals surface area contributed by atoms with Crippen molar-refractivity contribution in [1.82, 2.24) is 5.73 Å². The number of benzene rings is 1. The van der Waals surface area contributed by atoms with Crippen LogP contribution < -0.4 is 5.73 Å². The minimum Gasteiger partial charge on any atom is -0.249 e. The van der Waals surface area contributed by atoms with E-state index in [4.69, 9.17) is 5.73 Å². The van der Waals surface area contributed by atoms with Gasteiger partial charge in [0.25, 0.3) is 0 Å². The Morgan fingerprint density at radius 2 is 2.00 bits per heavy atom. The fourth-order valence-corrected chi connectivity index (χ4v) is 1.99. The third-order valence-electron chi connectivity index (χ3n) is 2.79. The number of hydrogen-bond donors (Lipinski definition) is 0. The molecule has 1 N–H and O–H groups in total. The van der Waals surface area contributed by atoms with Crippen molar-refractivity contribution in [3.8, 4) is 0 Å². The van der Waals surface area contributed by atoms with Crippen molar-refractivity contribution in [3.05, 3.63) is 35.4 Å². The highest BCUT2D eigenvalue weighted by atomic mass is 14.7. The normalized spacial score (nSPS) is 25.4. The molecule has 0 fully saturated rings. The van der Waals surface area contributed by atoms with Crippen molar-refractivity contribution in [3.63, 3.8) is 0 Å². The molecular formula is C11H14N. The van der Waals surface area contributed by atoms with Crippen LogP contribution in [0.1, 0.15) is 31.0 Å². The topological polar surface area (TPSA) is 23.8 Å². The lowest BCUT2D eigenvalue weighted by Gasteiger charge is -2.22. The molecule has 1 aliphatic carbocycles. The second-order valence-corrected chi connectivity index (χ2v) is 4.30. The largest absolute Gasteiger partial charge is 0.249 e. The standard InChI is InChI=1S/C11H14N/c1-11(2)7-8-5-3-4-6-9(8)10(11)12/h3-6,10,12H,7H2,1-2H3. The van der Waals surface area contributed by atoms with Crippen LogP contribution >= 0.6 is 0 Å². The Morgan fingerprint density at radius 3 is 2.67 bits per heavy atom. The van der Waals surface area contributed by atoms with E-state index in [1.165, 1.54) is 11.1 Å². The maximum absolute atomic E-state index is 8.02. The van der Waals surface area contributed by atoms with E-state index in [-0.39, 0.29) is 11.5 Å². The lowest BCUT2D eigenvalue weighted by atomic mass is 9.86. The van der Waals surface area contributed by atoms with Gasteiger partial charge in [0.2, 0.25) is 0 Å². The Morgan fingerprint density at radius 1 is 1.33 bits per heavy atom. The predicted molar refractivity (Wildman–Crippen MR) is 49.8 cm³/mol. The highest BCUT2D eigenvalue weighted by molar-refractivity contribution is 5.36. The summed E-state index contributed by atoms with van der Waals surface area (Å²) in [7, 11) is 0. The highest BCUT2D eigenvalue weighted by Crippen LogP contribution is 2.44. The summed E-state index contributed by atoms with van der Waals surface area (Å²) < 4.78 is 0. The quantitative estimate of drug-likeness (QED) is 0.557. The molecule has 1 atom stereocenters. The van der Waals surface area contributed by atoms with E-state index in [2.05, 4.69) is 32.0 Å². The van der Waals surface area contributed by atoms with Crippen LogP contribution in [-0.4, -0.2) is 0 Å². The zero-order valence-electron chi connectivity index (χ0n) is 7.59. The molecule has 1 radical (unpaired) electrons. The molecule has 2 rings (SSSR count). The first-order valence-electron chi connectivity index (χ1n) is 4.40. The van der Waals surface area contributed by atoms with Crippen LogP contribution in [0.4, 0.5) is 0 Å². The summed E-state index contributed by atoms with van der Waals surface area (Å²) in [4.78, 5) is 0. The van der Waals surface area contributed by atoms with Crippen LogP contribution in [0, 0.1) is 5.41 Å². The van der Waals surface area contributed by atoms with E-state index >= 15 is 0 Å². The predicted octanol–water partition coefficient (Wildman–Crippen LogP) is 2.59. The maximum Gasteiger partial charge on any atom is 0.0519 e. The molecule has 1 aromatic rings. The van der Waals surface area contributed by atoms with Crippen LogP contribution in [0.2, 0.25) is 0 Å². The zero-order chi connectivity index (χ0) is 8.77. The Kier molecular flexibility index (Phi) is 1.52. The Bertz CT molecular complexity index is 302. The molecule has 0 saturated heterocycles. The molecule has 1 aliphatic rings. The third kappa shape index (κ3) is 0.969. The first kappa shape index (κ1) is 7.81. The fraction of sp³-hybridized carbons (Fsp3) is 0.455. The van der Waals surface area contributed by atoms with Gasteiger partial charge in [-0.1, -0.05) is 38.1 Å². The first-order valence-corrected chi connectivity index (χ1v) is 4.40. The molecule has 0 spiro atoms. The molecule has 63 valence electrons. The van der Waals surface area contributed by atoms with E-state index in [9.17, 15) is 0 Å². The maximum atomic E-state index is 8.02. The number of fused-ring (bicyclic) bond motifs is 1. The average molecular weight is 160 g/mol. The second kappa shape index (κ2) is 2.33. The Labute approximate surface area is 73.6 Å². The van der Waals surface area contributed by atoms with Gasteiger partial charge in [0.05, 0.1) is 6.04 Å². The van der Waals surface area contributed by atoms with E-state index in [1.54, 1.807) is 0 Å². The van der Waals surface area contributed by atoms with Gasteiger partial charge in [0.1, 0.15) is 0 Å². The van der Waals surface area contributed by atoms with E-state index in [0.29, 0.717) is 0 Å². The summed E-state index contributed by atoms with van der Waals surface area (Å²) in [5.41, 5.74) is 10.7. The molecule has 0 aliphatic heterocycles. The number of rotatable bonds is 0. The van der Waals surface area contributed by atoms with Crippen molar-refractivity contribution in [2.75, 3.05) is 0 Å². The monoisotopic (exact) mass is 160 g/mol. The van der Waals surface area contributed by atoms with E-state index in [0.717, 1.165) is 6.42 Å². The SMILES string of the molecule is CC1(C)Cc2ccccc2C1[NH]. The van der Waals surface area contributed by atoms with Gasteiger partial charge in [0.15, 0.2) is 0 Å². The molecule has 0 aromatic heterocycles. The van der Waals surface area contributed by atoms with Crippen LogP contribution in [-0.2, 0) is 6.42 Å². The highest BCUT2D eigenvalue weighted by Gasteiger charge is 2.36. The van der Waals surface area contributed by atoms with Gasteiger partial charge in [-0.3, -0.25) is 0 Å². The molecule has 1 aromatic carbocycles. The molecule has 1 heteroatoms. The van der Waals surface area contributed by atoms with E-state index < -0.39 is 0 Å². The van der Waals surface area contributed by atoms with Gasteiger partial charge >= 0.3 is 0 Å². The van der Waals surface area contributed by atoms with Crippen molar-refractivity contribution in [2.24, 2.45) is 5.41 Å². The van der Waals surface area contributed by atoms with Crippen LogP contribution in [0.25, 0.3) is 0 Å². The lowest BCUT2D eigenvalue weighted by molar-refractivity contribution is 0.311. The molecule has 1 nitrogen and oxygen atoms in total.